The highest BCUT2D eigenvalue weighted by molar-refractivity contribution is 4.76. The zero-order valence-electron chi connectivity index (χ0n) is 7.63. The summed E-state index contributed by atoms with van der Waals surface area (Å²) < 4.78 is 0. The fraction of sp³-hybridized carbons (Fsp3) is 1.00. The van der Waals surface area contributed by atoms with Crippen LogP contribution < -0.4 is 11.1 Å². The molecule has 0 aromatic heterocycles. The normalized spacial score (nSPS) is 27.0. The van der Waals surface area contributed by atoms with E-state index < -0.39 is 0 Å². The summed E-state index contributed by atoms with van der Waals surface area (Å²) in [7, 11) is 0. The van der Waals surface area contributed by atoms with Crippen LogP contribution in [0.3, 0.4) is 0 Å². The number of piperidine rings is 1. The van der Waals surface area contributed by atoms with E-state index in [4.69, 9.17) is 10.8 Å². The van der Waals surface area contributed by atoms with Crippen molar-refractivity contribution in [2.24, 2.45) is 17.6 Å². The second-order valence-corrected chi connectivity index (χ2v) is 3.63. The first-order chi connectivity index (χ1) is 5.88. The van der Waals surface area contributed by atoms with Crippen LogP contribution in [-0.2, 0) is 0 Å². The molecular formula is C9H20N2O. The van der Waals surface area contributed by atoms with E-state index in [1.54, 1.807) is 0 Å². The average Bonchev–Trinajstić information content (AvgIpc) is 2.15. The molecular weight excluding hydrogens is 152 g/mol. The van der Waals surface area contributed by atoms with Crippen LogP contribution in [0.2, 0.25) is 0 Å². The van der Waals surface area contributed by atoms with Crippen LogP contribution in [0.25, 0.3) is 0 Å². The van der Waals surface area contributed by atoms with Crippen molar-refractivity contribution >= 4 is 0 Å². The van der Waals surface area contributed by atoms with Crippen LogP contribution >= 0.6 is 0 Å². The molecule has 1 saturated heterocycles. The summed E-state index contributed by atoms with van der Waals surface area (Å²) >= 11 is 0. The molecule has 1 aliphatic heterocycles. The van der Waals surface area contributed by atoms with Gasteiger partial charge in [-0.25, -0.2) is 0 Å². The van der Waals surface area contributed by atoms with Crippen molar-refractivity contribution in [3.8, 4) is 0 Å². The molecule has 0 aliphatic carbocycles. The van der Waals surface area contributed by atoms with Crippen molar-refractivity contribution in [1.29, 1.82) is 0 Å². The van der Waals surface area contributed by atoms with Crippen molar-refractivity contribution in [2.45, 2.75) is 19.3 Å². The maximum absolute atomic E-state index is 9.13. The molecule has 72 valence electrons. The Labute approximate surface area is 74.3 Å². The Hall–Kier alpha value is -0.120. The molecule has 0 aromatic carbocycles. The van der Waals surface area contributed by atoms with Gasteiger partial charge in [-0.15, -0.1) is 0 Å². The zero-order valence-corrected chi connectivity index (χ0v) is 7.63. The standard InChI is InChI=1S/C9H20N2O/c10-4-3-9(7-12)8-2-1-5-11-6-8/h8-9,11-12H,1-7,10H2. The fourth-order valence-corrected chi connectivity index (χ4v) is 1.97. The first kappa shape index (κ1) is 9.96. The molecule has 0 spiro atoms. The number of nitrogens with two attached hydrogens (primary N) is 1. The van der Waals surface area contributed by atoms with E-state index in [1.807, 2.05) is 0 Å². The summed E-state index contributed by atoms with van der Waals surface area (Å²) in [5, 5.41) is 12.5. The third kappa shape index (κ3) is 2.73. The lowest BCUT2D eigenvalue weighted by molar-refractivity contribution is 0.149. The summed E-state index contributed by atoms with van der Waals surface area (Å²) in [6.45, 7) is 3.19. The third-order valence-corrected chi connectivity index (χ3v) is 2.77. The highest BCUT2D eigenvalue weighted by Crippen LogP contribution is 2.21. The average molecular weight is 172 g/mol. The van der Waals surface area contributed by atoms with Crippen molar-refractivity contribution in [1.82, 2.24) is 5.32 Å². The van der Waals surface area contributed by atoms with Crippen LogP contribution in [0.4, 0.5) is 0 Å². The van der Waals surface area contributed by atoms with E-state index in [0.717, 1.165) is 19.5 Å². The predicted molar refractivity (Wildman–Crippen MR) is 49.8 cm³/mol. The Morgan fingerprint density at radius 1 is 1.58 bits per heavy atom. The molecule has 0 saturated carbocycles. The molecule has 1 rings (SSSR count). The Morgan fingerprint density at radius 2 is 2.42 bits per heavy atom. The van der Waals surface area contributed by atoms with Gasteiger partial charge in [-0.1, -0.05) is 0 Å². The van der Waals surface area contributed by atoms with Crippen LogP contribution in [0.5, 0.6) is 0 Å². The first-order valence-electron chi connectivity index (χ1n) is 4.90. The number of nitrogens with one attached hydrogen (secondary N) is 1. The van der Waals surface area contributed by atoms with Crippen LogP contribution in [0.15, 0.2) is 0 Å². The topological polar surface area (TPSA) is 58.3 Å². The van der Waals surface area contributed by atoms with Gasteiger partial charge in [-0.05, 0) is 50.7 Å². The molecule has 3 nitrogen and oxygen atoms in total. The Kier molecular flexibility index (Phi) is 4.58. The van der Waals surface area contributed by atoms with E-state index >= 15 is 0 Å². The summed E-state index contributed by atoms with van der Waals surface area (Å²) in [5.74, 6) is 1.06. The van der Waals surface area contributed by atoms with Gasteiger partial charge in [0.15, 0.2) is 0 Å². The number of hydrogen-bond donors (Lipinski definition) is 3. The van der Waals surface area contributed by atoms with Crippen LogP contribution in [0, 0.1) is 11.8 Å². The molecule has 0 radical (unpaired) electrons. The molecule has 0 aromatic rings. The fourth-order valence-electron chi connectivity index (χ4n) is 1.97. The second-order valence-electron chi connectivity index (χ2n) is 3.63. The van der Waals surface area contributed by atoms with Crippen molar-refractivity contribution < 1.29 is 5.11 Å². The molecule has 2 unspecified atom stereocenters. The Bertz CT molecular complexity index is 110. The van der Waals surface area contributed by atoms with Gasteiger partial charge in [-0.2, -0.15) is 0 Å². The van der Waals surface area contributed by atoms with Crippen molar-refractivity contribution in [3.63, 3.8) is 0 Å². The summed E-state index contributed by atoms with van der Waals surface area (Å²) in [6, 6.07) is 0. The highest BCUT2D eigenvalue weighted by Gasteiger charge is 2.21. The van der Waals surface area contributed by atoms with Crippen LogP contribution in [0.1, 0.15) is 19.3 Å². The van der Waals surface area contributed by atoms with Gasteiger partial charge in [0.25, 0.3) is 0 Å². The number of aliphatic hydroxyl groups is 1. The van der Waals surface area contributed by atoms with Gasteiger partial charge < -0.3 is 16.2 Å². The van der Waals surface area contributed by atoms with Crippen molar-refractivity contribution in [2.75, 3.05) is 26.2 Å². The number of rotatable bonds is 4. The lowest BCUT2D eigenvalue weighted by Crippen LogP contribution is -2.36. The maximum Gasteiger partial charge on any atom is 0.0462 e. The van der Waals surface area contributed by atoms with Gasteiger partial charge >= 0.3 is 0 Å². The highest BCUT2D eigenvalue weighted by atomic mass is 16.3. The zero-order chi connectivity index (χ0) is 8.81. The minimum Gasteiger partial charge on any atom is -0.396 e. The molecule has 0 amide bonds. The molecule has 12 heavy (non-hydrogen) atoms. The molecule has 3 heteroatoms. The van der Waals surface area contributed by atoms with E-state index in [-0.39, 0.29) is 0 Å². The quantitative estimate of drug-likeness (QED) is 0.557. The summed E-state index contributed by atoms with van der Waals surface area (Å²) in [4.78, 5) is 0. The minimum atomic E-state index is 0.295. The smallest absolute Gasteiger partial charge is 0.0462 e. The molecule has 2 atom stereocenters. The van der Waals surface area contributed by atoms with Gasteiger partial charge in [-0.3, -0.25) is 0 Å². The molecule has 1 fully saturated rings. The second kappa shape index (κ2) is 5.51. The van der Waals surface area contributed by atoms with E-state index in [9.17, 15) is 0 Å². The third-order valence-electron chi connectivity index (χ3n) is 2.77. The maximum atomic E-state index is 9.13. The Morgan fingerprint density at radius 3 is 2.92 bits per heavy atom. The monoisotopic (exact) mass is 172 g/mol. The Balaban J connectivity index is 2.29. The predicted octanol–water partition coefficient (Wildman–Crippen LogP) is -0.0567. The summed E-state index contributed by atoms with van der Waals surface area (Å²) in [5.41, 5.74) is 5.48. The lowest BCUT2D eigenvalue weighted by Gasteiger charge is -2.29. The SMILES string of the molecule is NCCC(CO)C1CCCNC1. The van der Waals surface area contributed by atoms with Crippen LogP contribution in [-0.4, -0.2) is 31.3 Å². The molecule has 0 bridgehead atoms. The van der Waals surface area contributed by atoms with E-state index in [0.29, 0.717) is 25.0 Å². The van der Waals surface area contributed by atoms with Gasteiger partial charge in [0.05, 0.1) is 0 Å². The lowest BCUT2D eigenvalue weighted by atomic mass is 9.85. The van der Waals surface area contributed by atoms with Crippen molar-refractivity contribution in [3.05, 3.63) is 0 Å². The number of hydrogen-bond acceptors (Lipinski definition) is 3. The van der Waals surface area contributed by atoms with Gasteiger partial charge in [0, 0.05) is 6.61 Å². The van der Waals surface area contributed by atoms with Gasteiger partial charge in [0.1, 0.15) is 0 Å². The number of aliphatic hydroxyl groups excluding tert-OH is 1. The van der Waals surface area contributed by atoms with E-state index in [2.05, 4.69) is 5.32 Å². The molecule has 1 aliphatic rings. The largest absolute Gasteiger partial charge is 0.396 e. The summed E-state index contributed by atoms with van der Waals surface area (Å²) in [6.07, 6.45) is 3.45. The van der Waals surface area contributed by atoms with E-state index in [1.165, 1.54) is 12.8 Å². The van der Waals surface area contributed by atoms with Gasteiger partial charge in [0.2, 0.25) is 0 Å². The molecule has 4 N–H and O–H groups in total. The minimum absolute atomic E-state index is 0.295. The molecule has 1 heterocycles. The first-order valence-corrected chi connectivity index (χ1v) is 4.90.